The Morgan fingerprint density at radius 2 is 1.84 bits per heavy atom. The Balaban J connectivity index is 2.76. The zero-order valence-electron chi connectivity index (χ0n) is 11.6. The number of rotatable bonds is 5. The number of primary amides is 1. The zero-order chi connectivity index (χ0) is 14.4. The summed E-state index contributed by atoms with van der Waals surface area (Å²) in [6.45, 7) is 5.83. The van der Waals surface area contributed by atoms with Crippen LogP contribution in [0.1, 0.15) is 25.8 Å². The van der Waals surface area contributed by atoms with Crippen molar-refractivity contribution in [3.8, 4) is 0 Å². The molecule has 0 unspecified atom stereocenters. The molecule has 2 atom stereocenters. The van der Waals surface area contributed by atoms with Crippen molar-refractivity contribution in [1.82, 2.24) is 5.32 Å². The molecule has 0 fully saturated rings. The van der Waals surface area contributed by atoms with E-state index in [4.69, 9.17) is 5.73 Å². The lowest BCUT2D eigenvalue weighted by Gasteiger charge is -2.22. The van der Waals surface area contributed by atoms with Crippen LogP contribution in [-0.4, -0.2) is 18.0 Å². The molecule has 0 spiro atoms. The lowest BCUT2D eigenvalue weighted by molar-refractivity contribution is -0.119. The molecule has 5 nitrogen and oxygen atoms in total. The quantitative estimate of drug-likeness (QED) is 0.759. The number of nitrogens with two attached hydrogens (primary N) is 1. The summed E-state index contributed by atoms with van der Waals surface area (Å²) in [7, 11) is 0. The first-order valence-electron chi connectivity index (χ1n) is 6.37. The SMILES string of the molecule is CC[C@@H](C)[C@@H](NC(N)=O)C(=O)Nc1ccc(C)cc1. The molecule has 0 radical (unpaired) electrons. The number of hydrogen-bond donors (Lipinski definition) is 3. The van der Waals surface area contributed by atoms with Crippen LogP contribution < -0.4 is 16.4 Å². The molecule has 0 saturated heterocycles. The van der Waals surface area contributed by atoms with Crippen LogP contribution in [-0.2, 0) is 4.79 Å². The van der Waals surface area contributed by atoms with E-state index in [1.165, 1.54) is 0 Å². The highest BCUT2D eigenvalue weighted by Crippen LogP contribution is 2.13. The van der Waals surface area contributed by atoms with Crippen molar-refractivity contribution in [2.45, 2.75) is 33.2 Å². The van der Waals surface area contributed by atoms with Crippen LogP contribution >= 0.6 is 0 Å². The van der Waals surface area contributed by atoms with E-state index in [9.17, 15) is 9.59 Å². The molecule has 0 saturated carbocycles. The topological polar surface area (TPSA) is 84.2 Å². The molecule has 19 heavy (non-hydrogen) atoms. The predicted molar refractivity (Wildman–Crippen MR) is 75.8 cm³/mol. The van der Waals surface area contributed by atoms with Gasteiger partial charge < -0.3 is 16.4 Å². The fourth-order valence-electron chi connectivity index (χ4n) is 1.71. The molecule has 104 valence electrons. The minimum atomic E-state index is -0.690. The molecule has 0 aliphatic rings. The van der Waals surface area contributed by atoms with Crippen LogP contribution in [0.5, 0.6) is 0 Å². The lowest BCUT2D eigenvalue weighted by Crippen LogP contribution is -2.49. The van der Waals surface area contributed by atoms with Crippen molar-refractivity contribution in [3.63, 3.8) is 0 Å². The number of hydrogen-bond acceptors (Lipinski definition) is 2. The maximum atomic E-state index is 12.2. The Hall–Kier alpha value is -2.04. The monoisotopic (exact) mass is 263 g/mol. The first-order chi connectivity index (χ1) is 8.93. The van der Waals surface area contributed by atoms with Crippen LogP contribution in [0.3, 0.4) is 0 Å². The molecule has 3 amide bonds. The van der Waals surface area contributed by atoms with Gasteiger partial charge in [-0.3, -0.25) is 4.79 Å². The van der Waals surface area contributed by atoms with Crippen LogP contribution in [0.2, 0.25) is 0 Å². The first-order valence-corrected chi connectivity index (χ1v) is 6.37. The number of carbonyl (C=O) groups excluding carboxylic acids is 2. The van der Waals surface area contributed by atoms with Gasteiger partial charge in [-0.05, 0) is 25.0 Å². The molecule has 0 bridgehead atoms. The van der Waals surface area contributed by atoms with E-state index in [2.05, 4.69) is 10.6 Å². The second kappa shape index (κ2) is 6.78. The number of amides is 3. The standard InChI is InChI=1S/C14H21N3O2/c1-4-10(3)12(17-14(15)19)13(18)16-11-7-5-9(2)6-8-11/h5-8,10,12H,4H2,1-3H3,(H,16,18)(H3,15,17,19)/t10-,12-/m1/s1. The fourth-order valence-corrected chi connectivity index (χ4v) is 1.71. The highest BCUT2D eigenvalue weighted by atomic mass is 16.2. The van der Waals surface area contributed by atoms with E-state index in [1.54, 1.807) is 0 Å². The van der Waals surface area contributed by atoms with Crippen molar-refractivity contribution in [3.05, 3.63) is 29.8 Å². The van der Waals surface area contributed by atoms with E-state index in [0.29, 0.717) is 5.69 Å². The van der Waals surface area contributed by atoms with Gasteiger partial charge in [0.25, 0.3) is 0 Å². The lowest BCUT2D eigenvalue weighted by atomic mass is 9.98. The van der Waals surface area contributed by atoms with Gasteiger partial charge in [-0.1, -0.05) is 38.0 Å². The maximum absolute atomic E-state index is 12.2. The Bertz CT molecular complexity index is 443. The molecular weight excluding hydrogens is 242 g/mol. The van der Waals surface area contributed by atoms with Gasteiger partial charge in [0.15, 0.2) is 0 Å². The molecule has 0 aliphatic heterocycles. The Morgan fingerprint density at radius 3 is 2.32 bits per heavy atom. The molecule has 0 heterocycles. The van der Waals surface area contributed by atoms with Gasteiger partial charge in [-0.25, -0.2) is 4.79 Å². The van der Waals surface area contributed by atoms with Gasteiger partial charge in [-0.2, -0.15) is 0 Å². The van der Waals surface area contributed by atoms with Crippen molar-refractivity contribution < 1.29 is 9.59 Å². The van der Waals surface area contributed by atoms with E-state index in [0.717, 1.165) is 12.0 Å². The zero-order valence-corrected chi connectivity index (χ0v) is 11.6. The largest absolute Gasteiger partial charge is 0.352 e. The first kappa shape index (κ1) is 15.0. The van der Waals surface area contributed by atoms with Gasteiger partial charge in [-0.15, -0.1) is 0 Å². The van der Waals surface area contributed by atoms with E-state index in [-0.39, 0.29) is 11.8 Å². The smallest absolute Gasteiger partial charge is 0.312 e. The van der Waals surface area contributed by atoms with Crippen molar-refractivity contribution in [2.75, 3.05) is 5.32 Å². The summed E-state index contributed by atoms with van der Waals surface area (Å²) in [5.74, 6) is -0.241. The normalized spacial score (nSPS) is 13.4. The third kappa shape index (κ3) is 4.62. The van der Waals surface area contributed by atoms with Gasteiger partial charge in [0.1, 0.15) is 6.04 Å². The van der Waals surface area contributed by atoms with Gasteiger partial charge in [0.05, 0.1) is 0 Å². The van der Waals surface area contributed by atoms with Crippen LogP contribution in [0.4, 0.5) is 10.5 Å². The summed E-state index contributed by atoms with van der Waals surface area (Å²) in [5, 5.41) is 5.27. The van der Waals surface area contributed by atoms with E-state index in [1.807, 2.05) is 45.0 Å². The van der Waals surface area contributed by atoms with Crippen LogP contribution in [0.15, 0.2) is 24.3 Å². The summed E-state index contributed by atoms with van der Waals surface area (Å²) in [4.78, 5) is 23.1. The van der Waals surface area contributed by atoms with Crippen LogP contribution in [0, 0.1) is 12.8 Å². The maximum Gasteiger partial charge on any atom is 0.312 e. The minimum Gasteiger partial charge on any atom is -0.352 e. The summed E-state index contributed by atoms with van der Waals surface area (Å²) in [6.07, 6.45) is 0.770. The number of urea groups is 1. The van der Waals surface area contributed by atoms with E-state index < -0.39 is 12.1 Å². The van der Waals surface area contributed by atoms with Gasteiger partial charge in [0.2, 0.25) is 5.91 Å². The number of nitrogens with one attached hydrogen (secondary N) is 2. The molecule has 0 aromatic heterocycles. The third-order valence-corrected chi connectivity index (χ3v) is 3.11. The van der Waals surface area contributed by atoms with Crippen molar-refractivity contribution >= 4 is 17.6 Å². The average molecular weight is 263 g/mol. The average Bonchev–Trinajstić information content (AvgIpc) is 2.37. The number of aryl methyl sites for hydroxylation is 1. The molecule has 1 aromatic carbocycles. The van der Waals surface area contributed by atoms with Crippen LogP contribution in [0.25, 0.3) is 0 Å². The van der Waals surface area contributed by atoms with E-state index >= 15 is 0 Å². The molecule has 1 aromatic rings. The highest BCUT2D eigenvalue weighted by molar-refractivity contribution is 5.97. The predicted octanol–water partition coefficient (Wildman–Crippen LogP) is 2.02. The Labute approximate surface area is 113 Å². The third-order valence-electron chi connectivity index (χ3n) is 3.11. The minimum absolute atomic E-state index is 0.0120. The second-order valence-electron chi connectivity index (χ2n) is 4.73. The number of benzene rings is 1. The van der Waals surface area contributed by atoms with Gasteiger partial charge >= 0.3 is 6.03 Å². The summed E-state index contributed by atoms with van der Waals surface area (Å²) in [5.41, 5.74) is 6.93. The number of carbonyl (C=O) groups is 2. The second-order valence-corrected chi connectivity index (χ2v) is 4.73. The molecule has 5 heteroatoms. The molecule has 1 rings (SSSR count). The van der Waals surface area contributed by atoms with Crippen molar-refractivity contribution in [2.24, 2.45) is 11.7 Å². The molecule has 0 aliphatic carbocycles. The number of anilines is 1. The fraction of sp³-hybridized carbons (Fsp3) is 0.429. The summed E-state index contributed by atoms with van der Waals surface area (Å²) >= 11 is 0. The summed E-state index contributed by atoms with van der Waals surface area (Å²) < 4.78 is 0. The molecule has 4 N–H and O–H groups in total. The van der Waals surface area contributed by atoms with Gasteiger partial charge in [0, 0.05) is 5.69 Å². The highest BCUT2D eigenvalue weighted by Gasteiger charge is 2.25. The summed E-state index contributed by atoms with van der Waals surface area (Å²) in [6, 6.07) is 6.16. The Kier molecular flexibility index (Phi) is 5.36. The molecular formula is C14H21N3O2. The Morgan fingerprint density at radius 1 is 1.26 bits per heavy atom. The van der Waals surface area contributed by atoms with Crippen molar-refractivity contribution in [1.29, 1.82) is 0 Å².